The lowest BCUT2D eigenvalue weighted by atomic mass is 10.1. The molecule has 2 heterocycles. The zero-order valence-electron chi connectivity index (χ0n) is 14.6. The van der Waals surface area contributed by atoms with Crippen LogP contribution in [-0.4, -0.2) is 48.4 Å². The van der Waals surface area contributed by atoms with E-state index in [9.17, 15) is 14.4 Å². The average Bonchev–Trinajstić information content (AvgIpc) is 3.09. The Bertz CT molecular complexity index is 895. The van der Waals surface area contributed by atoms with Crippen LogP contribution in [0.5, 0.6) is 0 Å². The van der Waals surface area contributed by atoms with Crippen LogP contribution in [0.3, 0.4) is 0 Å². The smallest absolute Gasteiger partial charge is 0.316 e. The number of carbonyl (C=O) groups is 2. The number of hydrogen-bond donors (Lipinski definition) is 2. The van der Waals surface area contributed by atoms with Gasteiger partial charge in [-0.15, -0.1) is 11.8 Å². The molecule has 26 heavy (non-hydrogen) atoms. The number of aliphatic carboxylic acids is 1. The number of nitrogens with zero attached hydrogens (tertiary/aromatic N) is 2. The van der Waals surface area contributed by atoms with Gasteiger partial charge in [-0.3, -0.25) is 14.4 Å². The van der Waals surface area contributed by atoms with Crippen molar-refractivity contribution in [1.82, 2.24) is 14.9 Å². The van der Waals surface area contributed by atoms with Gasteiger partial charge in [0, 0.05) is 6.04 Å². The summed E-state index contributed by atoms with van der Waals surface area (Å²) in [6.07, 6.45) is 1.04. The number of carboxylic acid groups (broad SMARTS) is 1. The first kappa shape index (κ1) is 18.4. The highest BCUT2D eigenvalue weighted by Gasteiger charge is 2.37. The monoisotopic (exact) mass is 375 g/mol. The van der Waals surface area contributed by atoms with E-state index in [0.29, 0.717) is 29.6 Å². The summed E-state index contributed by atoms with van der Waals surface area (Å²) in [6, 6.07) is 6.96. The summed E-state index contributed by atoms with van der Waals surface area (Å²) in [5, 5.41) is 8.74. The molecule has 1 aliphatic rings. The van der Waals surface area contributed by atoms with Crippen molar-refractivity contribution >= 4 is 34.5 Å². The molecule has 0 spiro atoms. The van der Waals surface area contributed by atoms with Gasteiger partial charge in [-0.2, -0.15) is 0 Å². The van der Waals surface area contributed by atoms with Crippen LogP contribution in [0, 0.1) is 0 Å². The van der Waals surface area contributed by atoms with Crippen molar-refractivity contribution < 1.29 is 14.7 Å². The van der Waals surface area contributed by atoms with E-state index in [-0.39, 0.29) is 29.3 Å². The minimum atomic E-state index is -0.873. The number of nitrogens with one attached hydrogen (secondary N) is 1. The van der Waals surface area contributed by atoms with Crippen molar-refractivity contribution in [1.29, 1.82) is 0 Å². The van der Waals surface area contributed by atoms with E-state index >= 15 is 0 Å². The first-order valence-corrected chi connectivity index (χ1v) is 9.47. The molecule has 1 aromatic heterocycles. The Balaban J connectivity index is 1.82. The number of aromatic nitrogens is 2. The van der Waals surface area contributed by atoms with E-state index in [1.807, 2.05) is 19.9 Å². The van der Waals surface area contributed by atoms with Gasteiger partial charge in [0.05, 0.1) is 22.7 Å². The molecular weight excluding hydrogens is 354 g/mol. The van der Waals surface area contributed by atoms with E-state index in [4.69, 9.17) is 5.11 Å². The molecule has 1 aromatic carbocycles. The molecule has 7 nitrogen and oxygen atoms in total. The molecule has 8 heteroatoms. The summed E-state index contributed by atoms with van der Waals surface area (Å²) < 4.78 is 0. The van der Waals surface area contributed by atoms with Gasteiger partial charge >= 0.3 is 5.97 Å². The number of aromatic amines is 1. The molecule has 1 aliphatic heterocycles. The van der Waals surface area contributed by atoms with Crippen molar-refractivity contribution in [3.05, 3.63) is 40.4 Å². The predicted octanol–water partition coefficient (Wildman–Crippen LogP) is 2.01. The molecule has 0 saturated carbocycles. The van der Waals surface area contributed by atoms with E-state index in [1.54, 1.807) is 23.1 Å². The average molecular weight is 375 g/mol. The largest absolute Gasteiger partial charge is 0.480 e. The van der Waals surface area contributed by atoms with Gasteiger partial charge in [0.1, 0.15) is 11.1 Å². The standard InChI is InChI=1S/C18H21N3O4S/c1-10(2)21(17(23)13-7-8-14(26-13)18(24)25)9-15-19-12-6-4-3-5-11(12)16(22)20-15/h3-6,10,13-14H,7-9H2,1-2H3,(H,24,25)(H,19,20,22). The zero-order valence-corrected chi connectivity index (χ0v) is 15.5. The second-order valence-electron chi connectivity index (χ2n) is 6.62. The quantitative estimate of drug-likeness (QED) is 0.829. The lowest BCUT2D eigenvalue weighted by molar-refractivity contribution is -0.136. The number of carbonyl (C=O) groups excluding carboxylic acids is 1. The highest BCUT2D eigenvalue weighted by molar-refractivity contribution is 8.02. The summed E-state index contributed by atoms with van der Waals surface area (Å²) in [4.78, 5) is 45.1. The Hall–Kier alpha value is -2.35. The topological polar surface area (TPSA) is 103 Å². The summed E-state index contributed by atoms with van der Waals surface area (Å²) >= 11 is 1.21. The van der Waals surface area contributed by atoms with E-state index < -0.39 is 11.2 Å². The number of para-hydroxylation sites is 1. The number of amides is 1. The Morgan fingerprint density at radius 2 is 2.00 bits per heavy atom. The van der Waals surface area contributed by atoms with Gasteiger partial charge in [0.2, 0.25) is 5.91 Å². The molecule has 1 amide bonds. The fraction of sp³-hybridized carbons (Fsp3) is 0.444. The van der Waals surface area contributed by atoms with Crippen LogP contribution in [-0.2, 0) is 16.1 Å². The molecule has 1 fully saturated rings. The van der Waals surface area contributed by atoms with Crippen LogP contribution >= 0.6 is 11.8 Å². The number of carboxylic acids is 1. The number of hydrogen-bond acceptors (Lipinski definition) is 5. The third-order valence-corrected chi connectivity index (χ3v) is 5.99. The normalized spacial score (nSPS) is 19.8. The van der Waals surface area contributed by atoms with Crippen molar-refractivity contribution in [2.75, 3.05) is 0 Å². The molecule has 0 aliphatic carbocycles. The third-order valence-electron chi connectivity index (χ3n) is 4.46. The number of H-pyrrole nitrogens is 1. The molecule has 2 unspecified atom stereocenters. The van der Waals surface area contributed by atoms with Crippen LogP contribution < -0.4 is 5.56 Å². The lowest BCUT2D eigenvalue weighted by Gasteiger charge is -2.28. The van der Waals surface area contributed by atoms with Gasteiger partial charge in [0.15, 0.2) is 0 Å². The number of fused-ring (bicyclic) bond motifs is 1. The second-order valence-corrected chi connectivity index (χ2v) is 8.03. The van der Waals surface area contributed by atoms with Crippen LogP contribution in [0.4, 0.5) is 0 Å². The van der Waals surface area contributed by atoms with Gasteiger partial charge in [0.25, 0.3) is 5.56 Å². The molecule has 1 saturated heterocycles. The summed E-state index contributed by atoms with van der Waals surface area (Å²) in [7, 11) is 0. The SMILES string of the molecule is CC(C)N(Cc1nc2ccccc2c(=O)[nH]1)C(=O)C1CCC(C(=O)O)S1. The molecular formula is C18H21N3O4S. The van der Waals surface area contributed by atoms with Crippen molar-refractivity contribution in [2.45, 2.75) is 49.8 Å². The van der Waals surface area contributed by atoms with Gasteiger partial charge in [-0.05, 0) is 38.8 Å². The highest BCUT2D eigenvalue weighted by atomic mass is 32.2. The number of benzene rings is 1. The zero-order chi connectivity index (χ0) is 18.8. The minimum Gasteiger partial charge on any atom is -0.480 e. The minimum absolute atomic E-state index is 0.0937. The van der Waals surface area contributed by atoms with Crippen molar-refractivity contribution in [3.8, 4) is 0 Å². The molecule has 2 atom stereocenters. The van der Waals surface area contributed by atoms with Crippen molar-refractivity contribution in [2.24, 2.45) is 0 Å². The maximum Gasteiger partial charge on any atom is 0.316 e. The fourth-order valence-corrected chi connectivity index (χ4v) is 4.38. The fourth-order valence-electron chi connectivity index (χ4n) is 3.07. The van der Waals surface area contributed by atoms with Gasteiger partial charge in [-0.25, -0.2) is 4.98 Å². The maximum atomic E-state index is 12.9. The molecule has 2 N–H and O–H groups in total. The van der Waals surface area contributed by atoms with E-state index in [0.717, 1.165) is 0 Å². The number of thioether (sulfide) groups is 1. The first-order chi connectivity index (χ1) is 12.4. The second kappa shape index (κ2) is 7.49. The van der Waals surface area contributed by atoms with Crippen LogP contribution in [0.15, 0.2) is 29.1 Å². The van der Waals surface area contributed by atoms with Crippen LogP contribution in [0.1, 0.15) is 32.5 Å². The lowest BCUT2D eigenvalue weighted by Crippen LogP contribution is -2.41. The molecule has 3 rings (SSSR count). The molecule has 0 radical (unpaired) electrons. The maximum absolute atomic E-state index is 12.9. The Morgan fingerprint density at radius 3 is 2.65 bits per heavy atom. The van der Waals surface area contributed by atoms with Gasteiger partial charge in [-0.1, -0.05) is 12.1 Å². The first-order valence-electron chi connectivity index (χ1n) is 8.53. The van der Waals surface area contributed by atoms with Crippen LogP contribution in [0.2, 0.25) is 0 Å². The summed E-state index contributed by atoms with van der Waals surface area (Å²) in [5.41, 5.74) is 0.353. The third kappa shape index (κ3) is 3.75. The Morgan fingerprint density at radius 1 is 1.31 bits per heavy atom. The molecule has 138 valence electrons. The van der Waals surface area contributed by atoms with Crippen molar-refractivity contribution in [3.63, 3.8) is 0 Å². The van der Waals surface area contributed by atoms with Crippen LogP contribution in [0.25, 0.3) is 10.9 Å². The molecule has 2 aromatic rings. The van der Waals surface area contributed by atoms with Gasteiger partial charge < -0.3 is 15.0 Å². The number of rotatable bonds is 5. The van der Waals surface area contributed by atoms with E-state index in [1.165, 1.54) is 11.8 Å². The van der Waals surface area contributed by atoms with E-state index in [2.05, 4.69) is 9.97 Å². The molecule has 0 bridgehead atoms. The Kier molecular flexibility index (Phi) is 5.31. The summed E-state index contributed by atoms with van der Waals surface area (Å²) in [6.45, 7) is 3.97. The highest BCUT2D eigenvalue weighted by Crippen LogP contribution is 2.35. The summed E-state index contributed by atoms with van der Waals surface area (Å²) in [5.74, 6) is -0.556. The Labute approximate surface area is 154 Å². The predicted molar refractivity (Wildman–Crippen MR) is 100 cm³/mol.